The van der Waals surface area contributed by atoms with E-state index in [0.29, 0.717) is 18.6 Å². The normalized spacial score (nSPS) is 32.2. The van der Waals surface area contributed by atoms with Gasteiger partial charge in [0.25, 0.3) is 0 Å². The molecule has 2 aliphatic rings. The van der Waals surface area contributed by atoms with E-state index in [1.54, 1.807) is 0 Å². The maximum absolute atomic E-state index is 9.75. The summed E-state index contributed by atoms with van der Waals surface area (Å²) in [5.41, 5.74) is -0.169. The minimum Gasteiger partial charge on any atom is -0.394 e. The third kappa shape index (κ3) is 3.46. The van der Waals surface area contributed by atoms with Crippen LogP contribution in [0.25, 0.3) is 0 Å². The van der Waals surface area contributed by atoms with E-state index in [2.05, 4.69) is 19.2 Å². The molecule has 106 valence electrons. The van der Waals surface area contributed by atoms with Gasteiger partial charge in [-0.25, -0.2) is 0 Å². The maximum atomic E-state index is 9.75. The van der Waals surface area contributed by atoms with Crippen molar-refractivity contribution in [3.63, 3.8) is 0 Å². The largest absolute Gasteiger partial charge is 0.394 e. The zero-order chi connectivity index (χ0) is 13.0. The highest BCUT2D eigenvalue weighted by Gasteiger charge is 2.45. The van der Waals surface area contributed by atoms with Crippen molar-refractivity contribution < 1.29 is 9.84 Å². The average molecular weight is 255 g/mol. The van der Waals surface area contributed by atoms with Gasteiger partial charge in [0.1, 0.15) is 0 Å². The zero-order valence-corrected chi connectivity index (χ0v) is 12.0. The molecule has 3 nitrogen and oxygen atoms in total. The lowest BCUT2D eigenvalue weighted by molar-refractivity contribution is -0.0354. The second-order valence-corrected chi connectivity index (χ2v) is 6.31. The molecule has 2 rings (SSSR count). The van der Waals surface area contributed by atoms with Crippen LogP contribution in [-0.2, 0) is 4.74 Å². The van der Waals surface area contributed by atoms with Crippen LogP contribution in [-0.4, -0.2) is 36.5 Å². The smallest absolute Gasteiger partial charge is 0.0679 e. The van der Waals surface area contributed by atoms with Crippen LogP contribution in [0.2, 0.25) is 0 Å². The molecule has 0 spiro atoms. The van der Waals surface area contributed by atoms with Crippen molar-refractivity contribution in [3.05, 3.63) is 0 Å². The number of nitrogens with one attached hydrogen (secondary N) is 1. The summed E-state index contributed by atoms with van der Waals surface area (Å²) in [6.45, 7) is 6.23. The van der Waals surface area contributed by atoms with E-state index in [9.17, 15) is 5.11 Å². The molecule has 0 amide bonds. The van der Waals surface area contributed by atoms with Crippen LogP contribution in [0.3, 0.4) is 0 Å². The van der Waals surface area contributed by atoms with E-state index in [0.717, 1.165) is 12.5 Å². The average Bonchev–Trinajstić information content (AvgIpc) is 3.21. The van der Waals surface area contributed by atoms with Crippen molar-refractivity contribution in [1.82, 2.24) is 5.32 Å². The molecule has 1 unspecified atom stereocenters. The lowest BCUT2D eigenvalue weighted by atomic mass is 9.88. The quantitative estimate of drug-likeness (QED) is 0.733. The lowest BCUT2D eigenvalue weighted by Gasteiger charge is -2.36. The van der Waals surface area contributed by atoms with Gasteiger partial charge >= 0.3 is 0 Å². The van der Waals surface area contributed by atoms with Gasteiger partial charge in [0, 0.05) is 0 Å². The summed E-state index contributed by atoms with van der Waals surface area (Å²) in [4.78, 5) is 0. The van der Waals surface area contributed by atoms with Gasteiger partial charge in [-0.1, -0.05) is 13.8 Å². The Morgan fingerprint density at radius 3 is 2.33 bits per heavy atom. The Balaban J connectivity index is 1.81. The molecule has 0 aromatic rings. The van der Waals surface area contributed by atoms with Gasteiger partial charge in [-0.2, -0.15) is 0 Å². The van der Waals surface area contributed by atoms with E-state index in [-0.39, 0.29) is 12.1 Å². The van der Waals surface area contributed by atoms with Crippen molar-refractivity contribution >= 4 is 0 Å². The Hall–Kier alpha value is -0.120. The van der Waals surface area contributed by atoms with Gasteiger partial charge in [0.2, 0.25) is 0 Å². The molecule has 2 saturated carbocycles. The van der Waals surface area contributed by atoms with Crippen LogP contribution < -0.4 is 5.32 Å². The first-order valence-electron chi connectivity index (χ1n) is 7.67. The van der Waals surface area contributed by atoms with Crippen molar-refractivity contribution in [1.29, 1.82) is 0 Å². The van der Waals surface area contributed by atoms with E-state index in [1.165, 1.54) is 38.5 Å². The molecular weight excluding hydrogens is 226 g/mol. The maximum Gasteiger partial charge on any atom is 0.0679 e. The predicted molar refractivity (Wildman–Crippen MR) is 73.6 cm³/mol. The predicted octanol–water partition coefficient (Wildman–Crippen LogP) is 2.33. The zero-order valence-electron chi connectivity index (χ0n) is 12.0. The first-order valence-corrected chi connectivity index (χ1v) is 7.67. The first-order chi connectivity index (χ1) is 8.70. The van der Waals surface area contributed by atoms with Gasteiger partial charge in [0.05, 0.1) is 24.9 Å². The standard InChI is InChI=1S/C15H29NO2/c1-3-16-15(10-17,13-6-7-13)11-18-14-8-4-12(2)5-9-14/h12-14,16-17H,3-11H2,1-2H3. The first kappa shape index (κ1) is 14.3. The molecule has 1 atom stereocenters. The molecule has 0 bridgehead atoms. The number of hydrogen-bond donors (Lipinski definition) is 2. The monoisotopic (exact) mass is 255 g/mol. The van der Waals surface area contributed by atoms with Crippen molar-refractivity contribution in [2.75, 3.05) is 19.8 Å². The molecule has 2 N–H and O–H groups in total. The van der Waals surface area contributed by atoms with Gasteiger partial charge in [-0.15, -0.1) is 0 Å². The summed E-state index contributed by atoms with van der Waals surface area (Å²) >= 11 is 0. The number of hydrogen-bond acceptors (Lipinski definition) is 3. The summed E-state index contributed by atoms with van der Waals surface area (Å²) in [6.07, 6.45) is 7.86. The Kier molecular flexibility index (Phi) is 5.05. The minimum absolute atomic E-state index is 0.169. The molecular formula is C15H29NO2. The van der Waals surface area contributed by atoms with Crippen LogP contribution in [0.15, 0.2) is 0 Å². The topological polar surface area (TPSA) is 41.5 Å². The molecule has 18 heavy (non-hydrogen) atoms. The highest BCUT2D eigenvalue weighted by Crippen LogP contribution is 2.40. The van der Waals surface area contributed by atoms with Crippen LogP contribution in [0.4, 0.5) is 0 Å². The number of aliphatic hydroxyl groups excluding tert-OH is 1. The Morgan fingerprint density at radius 2 is 1.83 bits per heavy atom. The van der Waals surface area contributed by atoms with E-state index >= 15 is 0 Å². The van der Waals surface area contributed by atoms with Crippen LogP contribution >= 0.6 is 0 Å². The number of aliphatic hydroxyl groups is 1. The fraction of sp³-hybridized carbons (Fsp3) is 1.00. The molecule has 0 saturated heterocycles. The van der Waals surface area contributed by atoms with Crippen molar-refractivity contribution in [2.24, 2.45) is 11.8 Å². The molecule has 0 aliphatic heterocycles. The summed E-state index contributed by atoms with van der Waals surface area (Å²) in [7, 11) is 0. The van der Waals surface area contributed by atoms with E-state index in [1.807, 2.05) is 0 Å². The summed E-state index contributed by atoms with van der Waals surface area (Å²) in [6, 6.07) is 0. The third-order valence-electron chi connectivity index (χ3n) is 4.71. The Morgan fingerprint density at radius 1 is 1.17 bits per heavy atom. The Bertz CT molecular complexity index is 247. The van der Waals surface area contributed by atoms with E-state index < -0.39 is 0 Å². The van der Waals surface area contributed by atoms with Gasteiger partial charge in [-0.3, -0.25) is 0 Å². The minimum atomic E-state index is -0.169. The fourth-order valence-corrected chi connectivity index (χ4v) is 3.19. The number of rotatable bonds is 7. The van der Waals surface area contributed by atoms with Crippen LogP contribution in [0, 0.1) is 11.8 Å². The molecule has 0 radical (unpaired) electrons. The summed E-state index contributed by atoms with van der Waals surface area (Å²) in [5.74, 6) is 1.48. The van der Waals surface area contributed by atoms with Crippen molar-refractivity contribution in [3.8, 4) is 0 Å². The second-order valence-electron chi connectivity index (χ2n) is 6.31. The Labute approximate surface area is 111 Å². The van der Waals surface area contributed by atoms with Crippen LogP contribution in [0.5, 0.6) is 0 Å². The highest BCUT2D eigenvalue weighted by atomic mass is 16.5. The highest BCUT2D eigenvalue weighted by molar-refractivity contribution is 5.01. The molecule has 2 fully saturated rings. The van der Waals surface area contributed by atoms with E-state index in [4.69, 9.17) is 4.74 Å². The molecule has 3 heteroatoms. The van der Waals surface area contributed by atoms with Crippen molar-refractivity contribution in [2.45, 2.75) is 64.0 Å². The van der Waals surface area contributed by atoms with Gasteiger partial charge in [0.15, 0.2) is 0 Å². The third-order valence-corrected chi connectivity index (χ3v) is 4.71. The lowest BCUT2D eigenvalue weighted by Crippen LogP contribution is -2.54. The van der Waals surface area contributed by atoms with Gasteiger partial charge in [-0.05, 0) is 56.9 Å². The molecule has 0 aromatic heterocycles. The number of likely N-dealkylation sites (N-methyl/N-ethyl adjacent to an activating group) is 1. The summed E-state index contributed by atoms with van der Waals surface area (Å²) in [5, 5.41) is 13.2. The summed E-state index contributed by atoms with van der Waals surface area (Å²) < 4.78 is 6.12. The second kappa shape index (κ2) is 6.36. The molecule has 2 aliphatic carbocycles. The molecule has 0 heterocycles. The van der Waals surface area contributed by atoms with Crippen LogP contribution in [0.1, 0.15) is 52.4 Å². The fourth-order valence-electron chi connectivity index (χ4n) is 3.19. The number of ether oxygens (including phenoxy) is 1. The SMILES string of the molecule is CCNC(CO)(COC1CCC(C)CC1)C1CC1. The molecule has 0 aromatic carbocycles. The van der Waals surface area contributed by atoms with Gasteiger partial charge < -0.3 is 15.2 Å².